The van der Waals surface area contributed by atoms with Crippen LogP contribution in [0.5, 0.6) is 0 Å². The zero-order valence-corrected chi connectivity index (χ0v) is 7.73. The van der Waals surface area contributed by atoms with Gasteiger partial charge >= 0.3 is 0 Å². The van der Waals surface area contributed by atoms with E-state index in [0.717, 1.165) is 6.42 Å². The van der Waals surface area contributed by atoms with Gasteiger partial charge in [-0.2, -0.15) is 3.89 Å². The maximum Gasteiger partial charge on any atom is 0.0812 e. The molecule has 0 atom stereocenters. The van der Waals surface area contributed by atoms with Crippen molar-refractivity contribution in [3.8, 4) is 0 Å². The minimum absolute atomic E-state index is 0.270. The molecule has 0 aliphatic carbocycles. The van der Waals surface area contributed by atoms with Crippen molar-refractivity contribution < 1.29 is 8.62 Å². The Balaban J connectivity index is 2.53. The number of rotatable bonds is 4. The lowest BCUT2D eigenvalue weighted by atomic mass is 10.2. The summed E-state index contributed by atoms with van der Waals surface area (Å²) in [4.78, 5) is 0.649. The maximum absolute atomic E-state index is 12.0. The fraction of sp³-hybridized carbons (Fsp3) is 0.333. The van der Waals surface area contributed by atoms with Gasteiger partial charge in [0.2, 0.25) is 0 Å². The molecule has 0 saturated carbocycles. The third kappa shape index (κ3) is 2.83. The summed E-state index contributed by atoms with van der Waals surface area (Å²) in [5, 5.41) is 0. The van der Waals surface area contributed by atoms with Crippen LogP contribution in [0.2, 0.25) is 0 Å². The molecule has 0 heterocycles. The molecule has 0 radical (unpaired) electrons. The van der Waals surface area contributed by atoms with Crippen molar-refractivity contribution in [1.82, 2.24) is 0 Å². The Hall–Kier alpha value is -0.540. The van der Waals surface area contributed by atoms with E-state index in [2.05, 4.69) is 0 Å². The molecule has 1 aromatic rings. The lowest BCUT2D eigenvalue weighted by Gasteiger charge is -1.99. The zero-order valence-electron chi connectivity index (χ0n) is 6.92. The third-order valence-corrected chi connectivity index (χ3v) is 2.06. The van der Waals surface area contributed by atoms with Crippen molar-refractivity contribution in [1.29, 1.82) is 0 Å². The maximum atomic E-state index is 12.0. The van der Waals surface area contributed by atoms with Gasteiger partial charge in [0.15, 0.2) is 0 Å². The van der Waals surface area contributed by atoms with Gasteiger partial charge < -0.3 is 4.74 Å². The van der Waals surface area contributed by atoms with E-state index in [9.17, 15) is 3.89 Å². The lowest BCUT2D eigenvalue weighted by molar-refractivity contribution is 0.202. The van der Waals surface area contributed by atoms with Gasteiger partial charge in [0.05, 0.1) is 18.8 Å². The number of methoxy groups -OCH3 is 1. The van der Waals surface area contributed by atoms with Gasteiger partial charge in [-0.3, -0.25) is 0 Å². The highest BCUT2D eigenvalue weighted by molar-refractivity contribution is 7.94. The third-order valence-electron chi connectivity index (χ3n) is 1.61. The van der Waals surface area contributed by atoms with Gasteiger partial charge in [-0.15, -0.1) is 0 Å². The summed E-state index contributed by atoms with van der Waals surface area (Å²) in [6.45, 7) is 0.710. The summed E-state index contributed by atoms with van der Waals surface area (Å²) in [6, 6.07) is 7.38. The smallest absolute Gasteiger partial charge is 0.0812 e. The predicted octanol–water partition coefficient (Wildman–Crippen LogP) is 2.85. The summed E-state index contributed by atoms with van der Waals surface area (Å²) in [6.07, 6.45) is 0.883. The van der Waals surface area contributed by atoms with Gasteiger partial charge in [-0.05, 0) is 24.1 Å². The molecule has 0 aromatic heterocycles. The highest BCUT2D eigenvalue weighted by Crippen LogP contribution is 2.18. The molecule has 0 spiro atoms. The molecule has 0 saturated heterocycles. The Morgan fingerprint density at radius 1 is 1.33 bits per heavy atom. The van der Waals surface area contributed by atoms with E-state index in [1.54, 1.807) is 19.2 Å². The van der Waals surface area contributed by atoms with Crippen molar-refractivity contribution in [3.05, 3.63) is 29.8 Å². The molecule has 0 amide bonds. The van der Waals surface area contributed by atoms with Crippen LogP contribution in [0.1, 0.15) is 5.56 Å². The highest BCUT2D eigenvalue weighted by atomic mass is 32.2. The Morgan fingerprint density at radius 2 is 2.00 bits per heavy atom. The Morgan fingerprint density at radius 3 is 2.50 bits per heavy atom. The Bertz CT molecular complexity index is 222. The van der Waals surface area contributed by atoms with Gasteiger partial charge in [0.25, 0.3) is 0 Å². The molecule has 0 aliphatic heterocycles. The van der Waals surface area contributed by atoms with Gasteiger partial charge in [0.1, 0.15) is 0 Å². The number of hydrogen-bond acceptors (Lipinski definition) is 2. The van der Waals surface area contributed by atoms with Gasteiger partial charge in [-0.1, -0.05) is 12.1 Å². The molecule has 0 fully saturated rings. The van der Waals surface area contributed by atoms with E-state index in [0.29, 0.717) is 11.5 Å². The summed E-state index contributed by atoms with van der Waals surface area (Å²) >= 11 is 0.270. The second-order valence-corrected chi connectivity index (χ2v) is 3.09. The van der Waals surface area contributed by atoms with Crippen LogP contribution >= 0.6 is 12.1 Å². The van der Waals surface area contributed by atoms with Crippen LogP contribution in [-0.4, -0.2) is 13.7 Å². The first-order valence-electron chi connectivity index (χ1n) is 3.73. The van der Waals surface area contributed by atoms with Crippen molar-refractivity contribution >= 4 is 12.1 Å². The summed E-state index contributed by atoms with van der Waals surface area (Å²) < 4.78 is 16.9. The van der Waals surface area contributed by atoms with E-state index in [1.165, 1.54) is 5.56 Å². The summed E-state index contributed by atoms with van der Waals surface area (Å²) in [7, 11) is 1.67. The monoisotopic (exact) mass is 186 g/mol. The minimum atomic E-state index is 0.270. The first-order valence-corrected chi connectivity index (χ1v) is 4.45. The number of benzene rings is 1. The highest BCUT2D eigenvalue weighted by Gasteiger charge is 1.94. The minimum Gasteiger partial charge on any atom is -0.384 e. The molecule has 3 heteroatoms. The van der Waals surface area contributed by atoms with Crippen LogP contribution in [0.3, 0.4) is 0 Å². The van der Waals surface area contributed by atoms with Crippen LogP contribution in [-0.2, 0) is 11.2 Å². The fourth-order valence-corrected chi connectivity index (χ4v) is 1.17. The number of hydrogen-bond donors (Lipinski definition) is 0. The molecule has 0 N–H and O–H groups in total. The summed E-state index contributed by atoms with van der Waals surface area (Å²) in [5.41, 5.74) is 1.18. The molecule has 0 bridgehead atoms. The van der Waals surface area contributed by atoms with Crippen LogP contribution in [0.25, 0.3) is 0 Å². The standard InChI is InChI=1S/C9H11FOS/c1-11-7-6-8-2-4-9(12-10)5-3-8/h2-5H,6-7H2,1H3. The number of ether oxygens (including phenoxy) is 1. The van der Waals surface area contributed by atoms with Crippen LogP contribution < -0.4 is 0 Å². The second kappa shape index (κ2) is 5.17. The van der Waals surface area contributed by atoms with E-state index in [1.807, 2.05) is 12.1 Å². The molecular formula is C9H11FOS. The molecule has 66 valence electrons. The van der Waals surface area contributed by atoms with E-state index in [4.69, 9.17) is 4.74 Å². The second-order valence-electron chi connectivity index (χ2n) is 2.46. The van der Waals surface area contributed by atoms with Crippen molar-refractivity contribution in [2.24, 2.45) is 0 Å². The lowest BCUT2D eigenvalue weighted by Crippen LogP contribution is -1.93. The van der Waals surface area contributed by atoms with E-state index < -0.39 is 0 Å². The molecule has 1 nitrogen and oxygen atoms in total. The number of halogens is 1. The van der Waals surface area contributed by atoms with Crippen LogP contribution in [0.4, 0.5) is 3.89 Å². The zero-order chi connectivity index (χ0) is 8.81. The molecule has 1 aromatic carbocycles. The summed E-state index contributed by atoms with van der Waals surface area (Å²) in [5.74, 6) is 0. The van der Waals surface area contributed by atoms with Crippen molar-refractivity contribution in [2.45, 2.75) is 11.3 Å². The largest absolute Gasteiger partial charge is 0.384 e. The van der Waals surface area contributed by atoms with Crippen molar-refractivity contribution in [2.75, 3.05) is 13.7 Å². The van der Waals surface area contributed by atoms with E-state index in [-0.39, 0.29) is 12.1 Å². The first-order chi connectivity index (χ1) is 5.86. The Labute approximate surface area is 76.2 Å². The average Bonchev–Trinajstić information content (AvgIpc) is 2.15. The fourth-order valence-electron chi connectivity index (χ4n) is 0.927. The predicted molar refractivity (Wildman–Crippen MR) is 49.0 cm³/mol. The SMILES string of the molecule is COCCc1ccc(SF)cc1. The molecule has 0 aliphatic rings. The molecule has 12 heavy (non-hydrogen) atoms. The molecule has 0 unspecified atom stereocenters. The topological polar surface area (TPSA) is 9.23 Å². The first kappa shape index (κ1) is 9.55. The van der Waals surface area contributed by atoms with Gasteiger partial charge in [-0.25, -0.2) is 0 Å². The average molecular weight is 186 g/mol. The van der Waals surface area contributed by atoms with Crippen LogP contribution in [0.15, 0.2) is 29.2 Å². The van der Waals surface area contributed by atoms with Crippen LogP contribution in [0, 0.1) is 0 Å². The quantitative estimate of drug-likeness (QED) is 0.715. The Kier molecular flexibility index (Phi) is 4.11. The van der Waals surface area contributed by atoms with Crippen molar-refractivity contribution in [3.63, 3.8) is 0 Å². The van der Waals surface area contributed by atoms with E-state index >= 15 is 0 Å². The molecular weight excluding hydrogens is 175 g/mol. The van der Waals surface area contributed by atoms with Gasteiger partial charge in [0, 0.05) is 12.0 Å². The molecule has 1 rings (SSSR count). The normalized spacial score (nSPS) is 10.2.